The van der Waals surface area contributed by atoms with Gasteiger partial charge in [0.1, 0.15) is 0 Å². The average molecular weight is 258 g/mol. The Bertz CT molecular complexity index is 609. The zero-order valence-corrected chi connectivity index (χ0v) is 11.2. The van der Waals surface area contributed by atoms with E-state index in [9.17, 15) is 0 Å². The van der Waals surface area contributed by atoms with Crippen molar-refractivity contribution in [1.82, 2.24) is 14.9 Å². The second kappa shape index (κ2) is 4.20. The first-order valence-electron chi connectivity index (χ1n) is 7.08. The lowest BCUT2D eigenvalue weighted by molar-refractivity contribution is 0.304. The number of aromatic nitrogens is 2. The maximum Gasteiger partial charge on any atom is 0.300 e. The van der Waals surface area contributed by atoms with Crippen molar-refractivity contribution >= 4 is 17.2 Å². The highest BCUT2D eigenvalue weighted by Gasteiger charge is 2.34. The van der Waals surface area contributed by atoms with Crippen LogP contribution in [-0.2, 0) is 6.42 Å². The van der Waals surface area contributed by atoms with Gasteiger partial charge in [0.25, 0.3) is 6.01 Å². The molecule has 4 rings (SSSR count). The van der Waals surface area contributed by atoms with Gasteiger partial charge >= 0.3 is 0 Å². The van der Waals surface area contributed by atoms with Crippen LogP contribution in [0.4, 0.5) is 6.01 Å². The number of nitrogens with zero attached hydrogens (tertiary/aromatic N) is 4. The Morgan fingerprint density at radius 1 is 1.37 bits per heavy atom. The monoisotopic (exact) mass is 258 g/mol. The Labute approximate surface area is 112 Å². The molecule has 2 bridgehead atoms. The normalized spacial score (nSPS) is 26.3. The van der Waals surface area contributed by atoms with Gasteiger partial charge in [0.2, 0.25) is 5.65 Å². The predicted molar refractivity (Wildman–Crippen MR) is 73.4 cm³/mol. The molecule has 0 aromatic carbocycles. The molecule has 0 saturated carbocycles. The van der Waals surface area contributed by atoms with E-state index < -0.39 is 0 Å². The second-order valence-corrected chi connectivity index (χ2v) is 5.45. The van der Waals surface area contributed by atoms with E-state index in [0.29, 0.717) is 6.04 Å². The zero-order valence-electron chi connectivity index (χ0n) is 11.2. The van der Waals surface area contributed by atoms with E-state index in [1.807, 2.05) is 6.20 Å². The van der Waals surface area contributed by atoms with Gasteiger partial charge in [-0.05, 0) is 24.5 Å². The lowest BCUT2D eigenvalue weighted by Crippen LogP contribution is -2.46. The lowest BCUT2D eigenvalue weighted by Gasteiger charge is -2.32. The van der Waals surface area contributed by atoms with E-state index in [1.165, 1.54) is 18.5 Å². The summed E-state index contributed by atoms with van der Waals surface area (Å²) in [7, 11) is 0. The zero-order chi connectivity index (χ0) is 12.8. The third-order valence-corrected chi connectivity index (χ3v) is 4.29. The van der Waals surface area contributed by atoms with Crippen molar-refractivity contribution in [3.05, 3.63) is 17.8 Å². The summed E-state index contributed by atoms with van der Waals surface area (Å²) in [6, 6.07) is 3.37. The maximum atomic E-state index is 5.93. The fourth-order valence-corrected chi connectivity index (χ4v) is 3.12. The number of hydrogen-bond acceptors (Lipinski definition) is 5. The van der Waals surface area contributed by atoms with Crippen LogP contribution < -0.4 is 4.90 Å². The predicted octanol–water partition coefficient (Wildman–Crippen LogP) is 1.68. The number of piperazine rings is 1. The summed E-state index contributed by atoms with van der Waals surface area (Å²) in [5, 5.41) is 0. The molecule has 1 unspecified atom stereocenters. The van der Waals surface area contributed by atoms with E-state index in [4.69, 9.17) is 4.42 Å². The number of rotatable bonds is 2. The van der Waals surface area contributed by atoms with Gasteiger partial charge in [-0.25, -0.2) is 4.98 Å². The van der Waals surface area contributed by atoms with E-state index >= 15 is 0 Å². The molecular formula is C14H18N4O. The van der Waals surface area contributed by atoms with Gasteiger partial charge in [-0.1, -0.05) is 6.92 Å². The summed E-state index contributed by atoms with van der Waals surface area (Å²) >= 11 is 0. The van der Waals surface area contributed by atoms with Crippen LogP contribution in [-0.4, -0.2) is 47.1 Å². The molecule has 5 heteroatoms. The van der Waals surface area contributed by atoms with Crippen molar-refractivity contribution < 1.29 is 4.42 Å². The van der Waals surface area contributed by atoms with E-state index in [1.54, 1.807) is 0 Å². The molecule has 0 aliphatic carbocycles. The Balaban J connectivity index is 1.70. The van der Waals surface area contributed by atoms with Crippen LogP contribution in [0.1, 0.15) is 18.9 Å². The summed E-state index contributed by atoms with van der Waals surface area (Å²) < 4.78 is 5.93. The summed E-state index contributed by atoms with van der Waals surface area (Å²) in [6.07, 6.45) is 4.08. The van der Waals surface area contributed by atoms with Gasteiger partial charge in [-0.15, -0.1) is 0 Å². The molecule has 5 nitrogen and oxygen atoms in total. The van der Waals surface area contributed by atoms with Crippen LogP contribution >= 0.6 is 0 Å². The van der Waals surface area contributed by atoms with E-state index in [2.05, 4.69) is 32.8 Å². The van der Waals surface area contributed by atoms with Crippen molar-refractivity contribution in [2.24, 2.45) is 0 Å². The third-order valence-electron chi connectivity index (χ3n) is 4.29. The van der Waals surface area contributed by atoms with Gasteiger partial charge < -0.3 is 9.32 Å². The van der Waals surface area contributed by atoms with Gasteiger partial charge in [-0.2, -0.15) is 4.98 Å². The molecule has 0 N–H and O–H groups in total. The molecule has 2 atom stereocenters. The summed E-state index contributed by atoms with van der Waals surface area (Å²) in [4.78, 5) is 13.8. The molecule has 2 aromatic heterocycles. The van der Waals surface area contributed by atoms with Crippen molar-refractivity contribution in [3.63, 3.8) is 0 Å². The molecule has 4 heterocycles. The minimum Gasteiger partial charge on any atom is -0.422 e. The van der Waals surface area contributed by atoms with Crippen molar-refractivity contribution in [2.45, 2.75) is 25.8 Å². The molecule has 100 valence electrons. The Kier molecular flexibility index (Phi) is 2.48. The quantitative estimate of drug-likeness (QED) is 0.820. The topological polar surface area (TPSA) is 45.4 Å². The number of anilines is 1. The molecular weight excluding hydrogens is 240 g/mol. The molecule has 2 aromatic rings. The molecule has 2 aliphatic heterocycles. The number of pyridine rings is 1. The maximum absolute atomic E-state index is 5.93. The van der Waals surface area contributed by atoms with Gasteiger partial charge in [0, 0.05) is 38.4 Å². The molecule has 2 aliphatic rings. The van der Waals surface area contributed by atoms with Crippen molar-refractivity contribution in [2.75, 3.05) is 31.1 Å². The first-order valence-corrected chi connectivity index (χ1v) is 7.08. The third kappa shape index (κ3) is 1.80. The Hall–Kier alpha value is -1.62. The first kappa shape index (κ1) is 11.2. The van der Waals surface area contributed by atoms with Crippen LogP contribution in [0.2, 0.25) is 0 Å². The molecule has 19 heavy (non-hydrogen) atoms. The summed E-state index contributed by atoms with van der Waals surface area (Å²) in [5.74, 6) is 0. The van der Waals surface area contributed by atoms with Crippen molar-refractivity contribution in [1.29, 1.82) is 0 Å². The molecule has 2 fully saturated rings. The fraction of sp³-hybridized carbons (Fsp3) is 0.571. The lowest BCUT2D eigenvalue weighted by atomic mass is 10.2. The highest BCUT2D eigenvalue weighted by molar-refractivity contribution is 5.70. The minimum atomic E-state index is 0.562. The van der Waals surface area contributed by atoms with Crippen molar-refractivity contribution in [3.8, 4) is 0 Å². The standard InChI is InChI=1S/C14H18N4O/c1-2-10-7-12-13(15-8-10)16-14(19-12)18-6-5-17-4-3-11(18)9-17/h7-8,11H,2-6,9H2,1H3/t11-/m1/s1. The molecule has 0 radical (unpaired) electrons. The van der Waals surface area contributed by atoms with Crippen LogP contribution in [0.5, 0.6) is 0 Å². The fourth-order valence-electron chi connectivity index (χ4n) is 3.12. The second-order valence-electron chi connectivity index (χ2n) is 5.45. The van der Waals surface area contributed by atoms with E-state index in [0.717, 1.165) is 43.3 Å². The average Bonchev–Trinajstić information content (AvgIpc) is 3.02. The van der Waals surface area contributed by atoms with E-state index in [-0.39, 0.29) is 0 Å². The molecule has 2 saturated heterocycles. The number of aryl methyl sites for hydroxylation is 1. The van der Waals surface area contributed by atoms with Crippen LogP contribution in [0, 0.1) is 0 Å². The van der Waals surface area contributed by atoms with Crippen LogP contribution in [0.25, 0.3) is 11.2 Å². The smallest absolute Gasteiger partial charge is 0.300 e. The van der Waals surface area contributed by atoms with Gasteiger partial charge in [0.15, 0.2) is 5.58 Å². The Morgan fingerprint density at radius 3 is 3.21 bits per heavy atom. The number of oxazole rings is 1. The Morgan fingerprint density at radius 2 is 2.32 bits per heavy atom. The van der Waals surface area contributed by atoms with Gasteiger partial charge in [-0.3, -0.25) is 4.90 Å². The highest BCUT2D eigenvalue weighted by atomic mass is 16.4. The van der Waals surface area contributed by atoms with Crippen LogP contribution in [0.3, 0.4) is 0 Å². The SMILES string of the molecule is CCc1cnc2nc(N3CCN4CC[C@@H]3C4)oc2c1. The largest absolute Gasteiger partial charge is 0.422 e. The summed E-state index contributed by atoms with van der Waals surface area (Å²) in [5.41, 5.74) is 2.74. The van der Waals surface area contributed by atoms with Crippen LogP contribution in [0.15, 0.2) is 16.7 Å². The number of hydrogen-bond donors (Lipinski definition) is 0. The highest BCUT2D eigenvalue weighted by Crippen LogP contribution is 2.28. The minimum absolute atomic E-state index is 0.562. The van der Waals surface area contributed by atoms with Gasteiger partial charge in [0.05, 0.1) is 0 Å². The molecule has 0 amide bonds. The summed E-state index contributed by atoms with van der Waals surface area (Å²) in [6.45, 7) is 6.60. The molecule has 0 spiro atoms. The number of fused-ring (bicyclic) bond motifs is 3. The first-order chi connectivity index (χ1) is 9.33.